The van der Waals surface area contributed by atoms with Crippen LogP contribution in [0.25, 0.3) is 0 Å². The van der Waals surface area contributed by atoms with Gasteiger partial charge in [0.15, 0.2) is 0 Å². The van der Waals surface area contributed by atoms with Crippen LogP contribution in [0.4, 0.5) is 5.69 Å². The van der Waals surface area contributed by atoms with Crippen LogP contribution in [0, 0.1) is 5.41 Å². The molecular formula is C16H25N3O. The van der Waals surface area contributed by atoms with Gasteiger partial charge in [0.25, 0.3) is 0 Å². The molecule has 0 radical (unpaired) electrons. The number of amides is 1. The highest BCUT2D eigenvalue weighted by Gasteiger charge is 2.32. The Labute approximate surface area is 121 Å². The molecule has 1 aromatic rings. The summed E-state index contributed by atoms with van der Waals surface area (Å²) in [7, 11) is 0. The van der Waals surface area contributed by atoms with Gasteiger partial charge in [0.2, 0.25) is 5.91 Å². The van der Waals surface area contributed by atoms with Gasteiger partial charge in [-0.05, 0) is 56.9 Å². The van der Waals surface area contributed by atoms with Crippen molar-refractivity contribution in [1.29, 1.82) is 0 Å². The summed E-state index contributed by atoms with van der Waals surface area (Å²) in [6, 6.07) is 9.51. The maximum atomic E-state index is 12.3. The lowest BCUT2D eigenvalue weighted by atomic mass is 9.80. The Kier molecular flexibility index (Phi) is 4.78. The van der Waals surface area contributed by atoms with Crippen molar-refractivity contribution in [3.63, 3.8) is 0 Å². The van der Waals surface area contributed by atoms with E-state index in [1.54, 1.807) is 0 Å². The number of likely N-dealkylation sites (tertiary alicyclic amines) is 1. The number of nitrogens with one attached hydrogen (secondary N) is 1. The molecular weight excluding hydrogens is 250 g/mol. The molecule has 2 rings (SSSR count). The van der Waals surface area contributed by atoms with Crippen molar-refractivity contribution >= 4 is 11.6 Å². The number of benzene rings is 1. The van der Waals surface area contributed by atoms with Gasteiger partial charge in [0.1, 0.15) is 0 Å². The predicted octanol–water partition coefficient (Wildman–Crippen LogP) is 2.07. The molecule has 4 heteroatoms. The van der Waals surface area contributed by atoms with Crippen molar-refractivity contribution < 1.29 is 4.79 Å². The molecule has 4 nitrogen and oxygen atoms in total. The molecule has 1 aromatic carbocycles. The number of hydrogen-bond donors (Lipinski definition) is 2. The Morgan fingerprint density at radius 2 is 1.95 bits per heavy atom. The average molecular weight is 275 g/mol. The Balaban J connectivity index is 1.89. The van der Waals surface area contributed by atoms with Gasteiger partial charge >= 0.3 is 0 Å². The van der Waals surface area contributed by atoms with E-state index in [4.69, 9.17) is 5.73 Å². The number of carbonyl (C=O) groups excluding carboxylic acids is 1. The van der Waals surface area contributed by atoms with Crippen LogP contribution < -0.4 is 11.1 Å². The largest absolute Gasteiger partial charge is 0.330 e. The van der Waals surface area contributed by atoms with Crippen molar-refractivity contribution in [3.05, 3.63) is 30.3 Å². The van der Waals surface area contributed by atoms with Gasteiger partial charge in [-0.1, -0.05) is 25.1 Å². The minimum absolute atomic E-state index is 0.0625. The molecule has 3 N–H and O–H groups in total. The Hall–Kier alpha value is -1.39. The third-order valence-electron chi connectivity index (χ3n) is 4.47. The Bertz CT molecular complexity index is 438. The summed E-state index contributed by atoms with van der Waals surface area (Å²) in [5.74, 6) is 0.0625. The van der Waals surface area contributed by atoms with Crippen molar-refractivity contribution in [3.8, 4) is 0 Å². The van der Waals surface area contributed by atoms with Crippen molar-refractivity contribution in [2.24, 2.45) is 11.1 Å². The third-order valence-corrected chi connectivity index (χ3v) is 4.47. The summed E-state index contributed by atoms with van der Waals surface area (Å²) in [4.78, 5) is 14.5. The van der Waals surface area contributed by atoms with Gasteiger partial charge < -0.3 is 11.1 Å². The van der Waals surface area contributed by atoms with E-state index in [2.05, 4.69) is 17.1 Å². The first-order valence-corrected chi connectivity index (χ1v) is 7.34. The topological polar surface area (TPSA) is 58.4 Å². The maximum absolute atomic E-state index is 12.3. The first-order valence-electron chi connectivity index (χ1n) is 7.34. The summed E-state index contributed by atoms with van der Waals surface area (Å²) >= 11 is 0. The smallest absolute Gasteiger partial charge is 0.241 e. The summed E-state index contributed by atoms with van der Waals surface area (Å²) in [6.45, 7) is 6.82. The van der Waals surface area contributed by atoms with E-state index in [-0.39, 0.29) is 17.4 Å². The zero-order valence-electron chi connectivity index (χ0n) is 12.4. The number of anilines is 1. The van der Waals surface area contributed by atoms with E-state index < -0.39 is 0 Å². The van der Waals surface area contributed by atoms with Gasteiger partial charge in [-0.2, -0.15) is 0 Å². The zero-order valence-corrected chi connectivity index (χ0v) is 12.4. The second kappa shape index (κ2) is 6.37. The van der Waals surface area contributed by atoms with E-state index in [9.17, 15) is 4.79 Å². The van der Waals surface area contributed by atoms with Crippen LogP contribution in [0.2, 0.25) is 0 Å². The van der Waals surface area contributed by atoms with Crippen molar-refractivity contribution in [1.82, 2.24) is 4.90 Å². The molecule has 1 aliphatic rings. The van der Waals surface area contributed by atoms with Crippen LogP contribution in [0.1, 0.15) is 26.7 Å². The second-order valence-electron chi connectivity index (χ2n) is 6.08. The SMILES string of the molecule is CC(C(=O)Nc1ccccc1)N1CCC(C)(CN)CC1. The van der Waals surface area contributed by atoms with Crippen LogP contribution >= 0.6 is 0 Å². The molecule has 1 aliphatic heterocycles. The van der Waals surface area contributed by atoms with E-state index in [1.807, 2.05) is 37.3 Å². The highest BCUT2D eigenvalue weighted by molar-refractivity contribution is 5.94. The Morgan fingerprint density at radius 1 is 1.35 bits per heavy atom. The van der Waals surface area contributed by atoms with E-state index >= 15 is 0 Å². The van der Waals surface area contributed by atoms with Gasteiger partial charge in [0.05, 0.1) is 6.04 Å². The number of para-hydroxylation sites is 1. The molecule has 0 aromatic heterocycles. The molecule has 1 fully saturated rings. The maximum Gasteiger partial charge on any atom is 0.241 e. The number of nitrogens with zero attached hydrogens (tertiary/aromatic N) is 1. The summed E-state index contributed by atoms with van der Waals surface area (Å²) in [5, 5.41) is 2.97. The first-order chi connectivity index (χ1) is 9.54. The fourth-order valence-corrected chi connectivity index (χ4v) is 2.59. The van der Waals surface area contributed by atoms with Crippen LogP contribution in [0.15, 0.2) is 30.3 Å². The Morgan fingerprint density at radius 3 is 2.50 bits per heavy atom. The minimum atomic E-state index is -0.0995. The highest BCUT2D eigenvalue weighted by atomic mass is 16.2. The van der Waals surface area contributed by atoms with E-state index in [0.717, 1.165) is 38.2 Å². The number of rotatable bonds is 4. The van der Waals surface area contributed by atoms with Gasteiger partial charge in [-0.25, -0.2) is 0 Å². The zero-order chi connectivity index (χ0) is 14.6. The van der Waals surface area contributed by atoms with Crippen molar-refractivity contribution in [2.45, 2.75) is 32.7 Å². The molecule has 0 aliphatic carbocycles. The summed E-state index contributed by atoms with van der Waals surface area (Å²) in [6.07, 6.45) is 2.12. The molecule has 110 valence electrons. The number of carbonyl (C=O) groups is 1. The average Bonchev–Trinajstić information content (AvgIpc) is 2.48. The van der Waals surface area contributed by atoms with E-state index in [1.165, 1.54) is 0 Å². The second-order valence-corrected chi connectivity index (χ2v) is 6.08. The normalized spacial score (nSPS) is 20.4. The van der Waals surface area contributed by atoms with Gasteiger partial charge in [-0.3, -0.25) is 9.69 Å². The fourth-order valence-electron chi connectivity index (χ4n) is 2.59. The van der Waals surface area contributed by atoms with Gasteiger partial charge in [-0.15, -0.1) is 0 Å². The summed E-state index contributed by atoms with van der Waals surface area (Å²) < 4.78 is 0. The molecule has 1 atom stereocenters. The van der Waals surface area contributed by atoms with Crippen LogP contribution in [-0.4, -0.2) is 36.5 Å². The van der Waals surface area contributed by atoms with Crippen LogP contribution in [0.3, 0.4) is 0 Å². The lowest BCUT2D eigenvalue weighted by molar-refractivity contribution is -0.121. The van der Waals surface area contributed by atoms with E-state index in [0.29, 0.717) is 0 Å². The highest BCUT2D eigenvalue weighted by Crippen LogP contribution is 2.30. The predicted molar refractivity (Wildman–Crippen MR) is 82.5 cm³/mol. The number of hydrogen-bond acceptors (Lipinski definition) is 3. The first kappa shape index (κ1) is 15.0. The summed E-state index contributed by atoms with van der Waals surface area (Å²) in [5.41, 5.74) is 6.92. The third kappa shape index (κ3) is 3.58. The standard InChI is InChI=1S/C16H25N3O/c1-13(15(20)18-14-6-4-3-5-7-14)19-10-8-16(2,12-17)9-11-19/h3-7,13H,8-12,17H2,1-2H3,(H,18,20). The molecule has 0 bridgehead atoms. The quantitative estimate of drug-likeness (QED) is 0.884. The molecule has 1 amide bonds. The molecule has 1 heterocycles. The van der Waals surface area contributed by atoms with Crippen LogP contribution in [-0.2, 0) is 4.79 Å². The molecule has 20 heavy (non-hydrogen) atoms. The van der Waals surface area contributed by atoms with Gasteiger partial charge in [0, 0.05) is 5.69 Å². The van der Waals surface area contributed by atoms with Crippen molar-refractivity contribution in [2.75, 3.05) is 25.0 Å². The lowest BCUT2D eigenvalue weighted by Crippen LogP contribution is -2.49. The number of nitrogens with two attached hydrogens (primary N) is 1. The molecule has 0 spiro atoms. The molecule has 1 saturated heterocycles. The minimum Gasteiger partial charge on any atom is -0.330 e. The molecule has 1 unspecified atom stereocenters. The van der Waals surface area contributed by atoms with Crippen LogP contribution in [0.5, 0.6) is 0 Å². The number of piperidine rings is 1. The molecule has 0 saturated carbocycles. The monoisotopic (exact) mass is 275 g/mol. The fraction of sp³-hybridized carbons (Fsp3) is 0.562. The lowest BCUT2D eigenvalue weighted by Gasteiger charge is -2.40.